The number of halogens is 2. The van der Waals surface area contributed by atoms with Crippen molar-refractivity contribution >= 4 is 81.9 Å². The van der Waals surface area contributed by atoms with Crippen molar-refractivity contribution in [3.05, 3.63) is 108 Å². The number of benzene rings is 3. The van der Waals surface area contributed by atoms with E-state index < -0.39 is 29.4 Å². The van der Waals surface area contributed by atoms with Crippen LogP contribution in [0.5, 0.6) is 0 Å². The second-order valence-corrected chi connectivity index (χ2v) is 36.2. The Morgan fingerprint density at radius 2 is 0.629 bits per heavy atom. The predicted octanol–water partition coefficient (Wildman–Crippen LogP) is 10.1. The number of likely N-dealkylation sites (tertiary alicyclic amines) is 5. The molecule has 8 amide bonds. The fraction of sp³-hybridized carbons (Fsp3) is 0.696. The molecule has 30 nitrogen and oxygen atoms in total. The summed E-state index contributed by atoms with van der Waals surface area (Å²) in [5.74, 6) is -0.996. The molecule has 15 fully saturated rings. The number of carbonyl (C=O) groups excluding carboxylic acids is 8. The van der Waals surface area contributed by atoms with Gasteiger partial charge in [-0.2, -0.15) is 0 Å². The van der Waals surface area contributed by atoms with Crippen molar-refractivity contribution in [3.8, 4) is 0 Å². The molecule has 124 heavy (non-hydrogen) atoms. The van der Waals surface area contributed by atoms with E-state index in [4.69, 9.17) is 42.9 Å². The second-order valence-electron chi connectivity index (χ2n) is 35.5. The van der Waals surface area contributed by atoms with Gasteiger partial charge in [-0.1, -0.05) is 117 Å². The van der Waals surface area contributed by atoms with Crippen LogP contribution in [0.1, 0.15) is 158 Å². The first kappa shape index (κ1) is 96.7. The number of aliphatic carboxylic acids is 2. The Morgan fingerprint density at radius 3 is 0.952 bits per heavy atom. The number of hydrogen-bond donors (Lipinski definition) is 5. The van der Waals surface area contributed by atoms with E-state index in [0.717, 1.165) is 197 Å². The van der Waals surface area contributed by atoms with Crippen LogP contribution in [0.15, 0.2) is 91.0 Å². The van der Waals surface area contributed by atoms with Crippen molar-refractivity contribution in [2.24, 2.45) is 29.6 Å². The number of rotatable bonds is 15. The fourth-order valence-corrected chi connectivity index (χ4v) is 17.8. The summed E-state index contributed by atoms with van der Waals surface area (Å²) in [7, 11) is 0. The number of carboxylic acids is 2. The van der Waals surface area contributed by atoms with Crippen molar-refractivity contribution in [2.45, 2.75) is 185 Å². The summed E-state index contributed by atoms with van der Waals surface area (Å²) in [4.78, 5) is 140. The van der Waals surface area contributed by atoms with E-state index in [0.29, 0.717) is 45.2 Å². The average molecular weight is 1770 g/mol. The molecule has 11 heterocycles. The molecular weight excluding hydrogens is 1630 g/mol. The second kappa shape index (κ2) is 51.8. The number of nitrogens with zero attached hydrogens (tertiary/aromatic N) is 12. The molecule has 0 aromatic heterocycles. The van der Waals surface area contributed by atoms with Crippen LogP contribution in [0.4, 0.5) is 24.0 Å². The summed E-state index contributed by atoms with van der Waals surface area (Å²) in [6.45, 7) is 26.9. The van der Waals surface area contributed by atoms with Crippen molar-refractivity contribution in [1.29, 1.82) is 0 Å². The van der Waals surface area contributed by atoms with Gasteiger partial charge in [-0.05, 0) is 157 Å². The van der Waals surface area contributed by atoms with Crippen molar-refractivity contribution in [3.63, 3.8) is 0 Å². The van der Waals surface area contributed by atoms with Gasteiger partial charge < -0.3 is 79.6 Å². The summed E-state index contributed by atoms with van der Waals surface area (Å²) in [5, 5.41) is 26.0. The van der Waals surface area contributed by atoms with E-state index in [1.807, 2.05) is 106 Å². The van der Waals surface area contributed by atoms with Crippen LogP contribution >= 0.6 is 23.2 Å². The Balaban J connectivity index is 0.000000143. The van der Waals surface area contributed by atoms with Crippen LogP contribution in [0.3, 0.4) is 0 Å². The lowest BCUT2D eigenvalue weighted by Gasteiger charge is -2.43. The van der Waals surface area contributed by atoms with Crippen LogP contribution in [-0.4, -0.2) is 348 Å². The summed E-state index contributed by atoms with van der Waals surface area (Å²) < 4.78 is 14.9. The zero-order chi connectivity index (χ0) is 87.4. The molecule has 686 valence electrons. The van der Waals surface area contributed by atoms with Gasteiger partial charge >= 0.3 is 41.0 Å². The summed E-state index contributed by atoms with van der Waals surface area (Å²) >= 11 is 10.2. The maximum Gasteiger partial charge on any atom is 0.410 e. The molecule has 4 saturated carbocycles. The van der Waals surface area contributed by atoms with Gasteiger partial charge in [0.15, 0.2) is 0 Å². The molecule has 0 radical (unpaired) electrons. The SMILES string of the molecule is C1CC(N2CCCNCC2)C1.O=C(C1CN(C(=O)N2CCCCC2)C1)N1CCCN(C2CCC2)CC1.O=C(C1CNC1)N1CCCN(C2CCC2)CC1.O=C(Cl)N1CCCCC1.O=C(Cl)OCc1ccccc1.O=C(O)C1CN(C(=O)OCc2ccccc2)C1.O=C(O)C1CNC1.O=C(OCc1ccccc1)N1CC(C(=O)N2CCCN(C3CCC3)CC2)C1. The Morgan fingerprint density at radius 1 is 0.298 bits per heavy atom. The number of hydrogen-bond acceptors (Lipinski definition) is 20. The van der Waals surface area contributed by atoms with E-state index in [2.05, 4.69) is 50.1 Å². The highest BCUT2D eigenvalue weighted by atomic mass is 35.5. The molecular formula is C92H139Cl2N15O15. The lowest BCUT2D eigenvalue weighted by atomic mass is 9.91. The highest BCUT2D eigenvalue weighted by molar-refractivity contribution is 6.62. The van der Waals surface area contributed by atoms with Gasteiger partial charge in [0, 0.05) is 219 Å². The molecule has 0 bridgehead atoms. The van der Waals surface area contributed by atoms with Gasteiger partial charge in [0.05, 0.1) is 29.6 Å². The Hall–Kier alpha value is -7.94. The molecule has 11 aliphatic heterocycles. The van der Waals surface area contributed by atoms with Crippen LogP contribution in [0.25, 0.3) is 0 Å². The maximum atomic E-state index is 12.8. The first-order valence-corrected chi connectivity index (χ1v) is 47.2. The van der Waals surface area contributed by atoms with E-state index in [1.54, 1.807) is 9.80 Å². The van der Waals surface area contributed by atoms with Crippen molar-refractivity contribution < 1.29 is 72.4 Å². The largest absolute Gasteiger partial charge is 0.481 e. The number of carboxylic acid groups (broad SMARTS) is 2. The van der Waals surface area contributed by atoms with Crippen molar-refractivity contribution in [2.75, 3.05) is 196 Å². The highest BCUT2D eigenvalue weighted by Crippen LogP contribution is 2.31. The first-order valence-electron chi connectivity index (χ1n) is 46.5. The summed E-state index contributed by atoms with van der Waals surface area (Å²) in [6.07, 6.45) is 27.3. The normalized spacial score (nSPS) is 22.2. The number of ether oxygens (including phenoxy) is 3. The molecule has 11 saturated heterocycles. The topological polar surface area (TPSA) is 314 Å². The van der Waals surface area contributed by atoms with Gasteiger partial charge in [-0.15, -0.1) is 0 Å². The number of piperidine rings is 2. The molecule has 0 unspecified atom stereocenters. The first-order chi connectivity index (χ1) is 60.3. The molecule has 15 aliphatic rings. The maximum absolute atomic E-state index is 12.8. The zero-order valence-electron chi connectivity index (χ0n) is 73.1. The number of amides is 8. The molecule has 0 spiro atoms. The van der Waals surface area contributed by atoms with Gasteiger partial charge in [0.25, 0.3) is 0 Å². The number of urea groups is 1. The number of carbonyl (C=O) groups is 10. The highest BCUT2D eigenvalue weighted by Gasteiger charge is 2.43. The molecule has 18 rings (SSSR count). The fourth-order valence-electron chi connectivity index (χ4n) is 17.6. The minimum absolute atomic E-state index is 0.0315. The van der Waals surface area contributed by atoms with Crippen LogP contribution in [-0.2, 0) is 58.0 Å². The van der Waals surface area contributed by atoms with E-state index in [1.165, 1.54) is 134 Å². The predicted molar refractivity (Wildman–Crippen MR) is 474 cm³/mol. The average Bonchev–Trinajstić information content (AvgIpc) is 1.04. The monoisotopic (exact) mass is 1760 g/mol. The smallest absolute Gasteiger partial charge is 0.410 e. The van der Waals surface area contributed by atoms with Gasteiger partial charge in [0.2, 0.25) is 17.7 Å². The summed E-state index contributed by atoms with van der Waals surface area (Å²) in [5.41, 5.74) is 2.05. The van der Waals surface area contributed by atoms with Gasteiger partial charge in [-0.3, -0.25) is 48.4 Å². The number of nitrogens with one attached hydrogen (secondary N) is 3. The third-order valence-electron chi connectivity index (χ3n) is 26.8. The third kappa shape index (κ3) is 30.9. The third-order valence-corrected chi connectivity index (χ3v) is 27.2. The van der Waals surface area contributed by atoms with Crippen LogP contribution in [0.2, 0.25) is 0 Å². The van der Waals surface area contributed by atoms with E-state index >= 15 is 0 Å². The van der Waals surface area contributed by atoms with Crippen LogP contribution in [0, 0.1) is 29.6 Å². The lowest BCUT2D eigenvalue weighted by Crippen LogP contribution is -2.60. The van der Waals surface area contributed by atoms with E-state index in [-0.39, 0.29) is 85.9 Å². The Bertz CT molecular complexity index is 3760. The quantitative estimate of drug-likeness (QED) is 0.0536. The molecule has 3 aromatic carbocycles. The molecule has 4 aliphatic carbocycles. The standard InChI is InChI=1S/C21H29N3O3.C19H32N4O2.C13H23N3O.C12H13NO4.C9H18N2.C8H7ClO2.C6H10ClNO.C4H7NO2/c25-20(23-11-5-10-22(12-13-23)19-8-4-9-19)18-14-24(15-18)21(26)27-16-17-6-2-1-3-7-17;24-18(21-11-5-10-20(12-13-21)17-6-4-7-17)16-14-23(15-16)19(25)22-8-2-1-3-9-22;17-13(11-9-14-10-11)16-6-2-5-15(7-8-16)12-3-1-4-12;14-11(15)10-6-13(7-10)12(16)17-8-9-4-2-1-3-5-9;1-3-9(4-1)11-7-2-5-10-6-8-11;9-8(10)11-6-7-4-2-1-3-5-7;7-6(9)8-4-2-1-3-5-8;6-4(7)3-1-5-2-3/h1-3,6-7,18-19H,4-5,8-16H2;16-17H,1-15H2;11-12,14H,1-10H2;1-5,10H,6-8H2,(H,14,15);9-10H,1-8H2;1-5H,6H2;1-5H2;3,5H,1-2H2,(H,6,7). The zero-order valence-corrected chi connectivity index (χ0v) is 74.6. The Labute approximate surface area is 743 Å². The van der Waals surface area contributed by atoms with Crippen molar-refractivity contribution in [1.82, 2.24) is 74.7 Å². The van der Waals surface area contributed by atoms with Gasteiger partial charge in [0.1, 0.15) is 19.8 Å². The van der Waals surface area contributed by atoms with Crippen LogP contribution < -0.4 is 16.0 Å². The molecule has 0 atom stereocenters. The van der Waals surface area contributed by atoms with Gasteiger partial charge in [-0.25, -0.2) is 19.2 Å². The minimum atomic E-state index is -0.864. The summed E-state index contributed by atoms with van der Waals surface area (Å²) in [6, 6.07) is 31.8. The molecule has 32 heteroatoms. The minimum Gasteiger partial charge on any atom is -0.481 e. The Kier molecular flexibility index (Phi) is 40.4. The lowest BCUT2D eigenvalue weighted by molar-refractivity contribution is -0.147. The molecule has 3 aromatic rings. The van der Waals surface area contributed by atoms with E-state index in [9.17, 15) is 47.9 Å². The molecule has 5 N–H and O–H groups in total.